The molecule has 1 aliphatic rings. The van der Waals surface area contributed by atoms with Crippen LogP contribution in [0.2, 0.25) is 0 Å². The molecule has 0 unspecified atom stereocenters. The third kappa shape index (κ3) is 8.70. The van der Waals surface area contributed by atoms with Crippen LogP contribution in [0.1, 0.15) is 72.6 Å². The van der Waals surface area contributed by atoms with Crippen LogP contribution in [0.3, 0.4) is 0 Å². The summed E-state index contributed by atoms with van der Waals surface area (Å²) >= 11 is 1.66. The predicted octanol–water partition coefficient (Wildman–Crippen LogP) is 4.06. The minimum atomic E-state index is -0.461. The topological polar surface area (TPSA) is 56.8 Å². The number of carbonyl (C=O) groups excluding carboxylic acids is 1. The fraction of sp³-hybridized carbons (Fsp3) is 0.944. The Balaban J connectivity index is 2.57. The molecule has 5 nitrogen and oxygen atoms in total. The molecule has 0 saturated carbocycles. The largest absolute Gasteiger partial charge is 0.469 e. The highest BCUT2D eigenvalue weighted by atomic mass is 32.2. The molecule has 1 fully saturated rings. The van der Waals surface area contributed by atoms with E-state index in [1.54, 1.807) is 11.9 Å². The van der Waals surface area contributed by atoms with Gasteiger partial charge in [0.2, 0.25) is 0 Å². The highest BCUT2D eigenvalue weighted by molar-refractivity contribution is 7.98. The zero-order valence-electron chi connectivity index (χ0n) is 16.0. The maximum atomic E-state index is 11.7. The van der Waals surface area contributed by atoms with E-state index in [9.17, 15) is 4.79 Å². The molecule has 6 heteroatoms. The maximum absolute atomic E-state index is 11.7. The highest BCUT2D eigenvalue weighted by Gasteiger charge is 2.36. The molecule has 1 saturated heterocycles. The van der Waals surface area contributed by atoms with Crippen molar-refractivity contribution in [2.24, 2.45) is 0 Å². The fourth-order valence-corrected chi connectivity index (χ4v) is 3.42. The molecule has 24 heavy (non-hydrogen) atoms. The van der Waals surface area contributed by atoms with Crippen LogP contribution in [-0.2, 0) is 19.0 Å². The lowest BCUT2D eigenvalue weighted by atomic mass is 9.98. The molecule has 0 aliphatic carbocycles. The van der Waals surface area contributed by atoms with Gasteiger partial charge in [0, 0.05) is 23.6 Å². The summed E-state index contributed by atoms with van der Waals surface area (Å²) in [5.74, 6) is -0.646. The third-order valence-electron chi connectivity index (χ3n) is 4.02. The molecule has 0 aromatic carbocycles. The SMILES string of the molecule is CCCCCC1(CC[C@@H](CC(=O)OC)NSC(C)(C)C)OCCO1. The number of methoxy groups -OCH3 is 1. The summed E-state index contributed by atoms with van der Waals surface area (Å²) in [6.07, 6.45) is 6.41. The summed E-state index contributed by atoms with van der Waals surface area (Å²) < 4.78 is 20.2. The molecule has 0 radical (unpaired) electrons. The van der Waals surface area contributed by atoms with E-state index >= 15 is 0 Å². The fourth-order valence-electron chi connectivity index (χ4n) is 2.70. The first kappa shape index (κ1) is 21.7. The second-order valence-electron chi connectivity index (χ2n) is 7.41. The van der Waals surface area contributed by atoms with Gasteiger partial charge in [-0.05, 0) is 33.6 Å². The Bertz CT molecular complexity index is 365. The molecule has 1 atom stereocenters. The van der Waals surface area contributed by atoms with Crippen LogP contribution >= 0.6 is 11.9 Å². The van der Waals surface area contributed by atoms with E-state index in [-0.39, 0.29) is 16.8 Å². The second-order valence-corrected chi connectivity index (χ2v) is 9.08. The van der Waals surface area contributed by atoms with Crippen molar-refractivity contribution in [2.75, 3.05) is 20.3 Å². The van der Waals surface area contributed by atoms with Crippen molar-refractivity contribution in [3.05, 3.63) is 0 Å². The lowest BCUT2D eigenvalue weighted by Gasteiger charge is -2.30. The minimum Gasteiger partial charge on any atom is -0.469 e. The lowest BCUT2D eigenvalue weighted by Crippen LogP contribution is -2.36. The van der Waals surface area contributed by atoms with Gasteiger partial charge >= 0.3 is 5.97 Å². The van der Waals surface area contributed by atoms with Crippen molar-refractivity contribution >= 4 is 17.9 Å². The monoisotopic (exact) mass is 361 g/mol. The quantitative estimate of drug-likeness (QED) is 0.340. The molecule has 0 aromatic rings. The van der Waals surface area contributed by atoms with Crippen molar-refractivity contribution in [3.8, 4) is 0 Å². The van der Waals surface area contributed by atoms with Gasteiger partial charge in [-0.1, -0.05) is 31.7 Å². The Hall–Kier alpha value is -0.300. The molecule has 1 aliphatic heterocycles. The van der Waals surface area contributed by atoms with E-state index in [1.807, 2.05) is 0 Å². The van der Waals surface area contributed by atoms with Crippen LogP contribution in [0.25, 0.3) is 0 Å². The van der Waals surface area contributed by atoms with Gasteiger partial charge in [-0.2, -0.15) is 0 Å². The molecule has 0 bridgehead atoms. The van der Waals surface area contributed by atoms with Crippen LogP contribution in [0.4, 0.5) is 0 Å². The van der Waals surface area contributed by atoms with Gasteiger partial charge in [0.25, 0.3) is 0 Å². The van der Waals surface area contributed by atoms with Gasteiger partial charge in [0.05, 0.1) is 26.7 Å². The molecular weight excluding hydrogens is 326 g/mol. The first-order valence-corrected chi connectivity index (χ1v) is 9.90. The van der Waals surface area contributed by atoms with Crippen molar-refractivity contribution < 1.29 is 19.0 Å². The number of ether oxygens (including phenoxy) is 3. The summed E-state index contributed by atoms with van der Waals surface area (Å²) in [5.41, 5.74) is 0. The Morgan fingerprint density at radius 1 is 1.25 bits per heavy atom. The van der Waals surface area contributed by atoms with Crippen LogP contribution in [0, 0.1) is 0 Å². The summed E-state index contributed by atoms with van der Waals surface area (Å²) in [5, 5.41) is 0. The van der Waals surface area contributed by atoms with Crippen molar-refractivity contribution in [1.82, 2.24) is 4.72 Å². The van der Waals surface area contributed by atoms with E-state index < -0.39 is 5.79 Å². The highest BCUT2D eigenvalue weighted by Crippen LogP contribution is 2.32. The van der Waals surface area contributed by atoms with Gasteiger partial charge in [0.1, 0.15) is 0 Å². The number of hydrogen-bond donors (Lipinski definition) is 1. The van der Waals surface area contributed by atoms with E-state index in [0.29, 0.717) is 19.6 Å². The zero-order chi connectivity index (χ0) is 18.1. The van der Waals surface area contributed by atoms with Crippen LogP contribution in [0.5, 0.6) is 0 Å². The van der Waals surface area contributed by atoms with Crippen molar-refractivity contribution in [1.29, 1.82) is 0 Å². The third-order valence-corrected chi connectivity index (χ3v) is 5.08. The first-order chi connectivity index (χ1) is 11.3. The normalized spacial score (nSPS) is 18.5. The Morgan fingerprint density at radius 3 is 2.46 bits per heavy atom. The molecule has 0 amide bonds. The minimum absolute atomic E-state index is 0.0533. The van der Waals surface area contributed by atoms with Gasteiger partial charge in [-0.25, -0.2) is 0 Å². The van der Waals surface area contributed by atoms with E-state index in [4.69, 9.17) is 14.2 Å². The Labute approximate surface area is 151 Å². The average molecular weight is 362 g/mol. The number of nitrogens with one attached hydrogen (secondary N) is 1. The number of esters is 1. The van der Waals surface area contributed by atoms with Gasteiger partial charge in [-0.3, -0.25) is 9.52 Å². The smallest absolute Gasteiger partial charge is 0.307 e. The van der Waals surface area contributed by atoms with Gasteiger partial charge in [0.15, 0.2) is 5.79 Å². The maximum Gasteiger partial charge on any atom is 0.307 e. The zero-order valence-corrected chi connectivity index (χ0v) is 16.8. The molecular formula is C18H35NO4S. The molecule has 0 aromatic heterocycles. The van der Waals surface area contributed by atoms with Crippen LogP contribution in [-0.4, -0.2) is 42.9 Å². The number of hydrogen-bond acceptors (Lipinski definition) is 6. The molecule has 142 valence electrons. The first-order valence-electron chi connectivity index (χ1n) is 9.08. The van der Waals surface area contributed by atoms with Crippen molar-refractivity contribution in [2.45, 2.75) is 89.2 Å². The molecule has 1 N–H and O–H groups in total. The summed E-state index contributed by atoms with van der Waals surface area (Å²) in [4.78, 5) is 11.7. The number of carbonyl (C=O) groups is 1. The Morgan fingerprint density at radius 2 is 1.92 bits per heavy atom. The van der Waals surface area contributed by atoms with Gasteiger partial charge < -0.3 is 14.2 Å². The molecule has 1 rings (SSSR count). The molecule has 1 heterocycles. The average Bonchev–Trinajstić information content (AvgIpc) is 2.98. The number of rotatable bonds is 11. The second kappa shape index (κ2) is 10.6. The standard InChI is InChI=1S/C18H35NO4S/c1-6-7-8-10-18(22-12-13-23-18)11-9-15(14-16(20)21-5)19-24-17(2,3)4/h15,19H,6-14H2,1-5H3/t15-/m0/s1. The molecule has 0 spiro atoms. The summed E-state index contributed by atoms with van der Waals surface area (Å²) in [6.45, 7) is 9.97. The van der Waals surface area contributed by atoms with E-state index in [1.165, 1.54) is 20.0 Å². The van der Waals surface area contributed by atoms with Crippen molar-refractivity contribution in [3.63, 3.8) is 0 Å². The van der Waals surface area contributed by atoms with Crippen LogP contribution in [0.15, 0.2) is 0 Å². The van der Waals surface area contributed by atoms with E-state index in [2.05, 4.69) is 32.4 Å². The number of unbranched alkanes of at least 4 members (excludes halogenated alkanes) is 2. The Kier molecular flexibility index (Phi) is 9.64. The van der Waals surface area contributed by atoms with E-state index in [0.717, 1.165) is 25.7 Å². The summed E-state index contributed by atoms with van der Waals surface area (Å²) in [6, 6.07) is 0.0533. The lowest BCUT2D eigenvalue weighted by molar-refractivity contribution is -0.169. The predicted molar refractivity (Wildman–Crippen MR) is 98.9 cm³/mol. The van der Waals surface area contributed by atoms with Gasteiger partial charge in [-0.15, -0.1) is 0 Å². The summed E-state index contributed by atoms with van der Waals surface area (Å²) in [7, 11) is 1.44. The van der Waals surface area contributed by atoms with Crippen LogP contribution < -0.4 is 4.72 Å².